The van der Waals surface area contributed by atoms with Crippen LogP contribution in [0.1, 0.15) is 79.0 Å². The highest BCUT2D eigenvalue weighted by Crippen LogP contribution is 2.53. The Morgan fingerprint density at radius 2 is 0.856 bits per heavy atom. The standard InChI is InChI=1S/C84H73FN4O/c1-82(2,3)65-39-40-86-80(51-65)89-76-30-20-19-29-72(76)73-38-37-70(53-79(73)89)90-71-47-62(61-42-59(55-23-13-10-14-24-55)41-60(43-61)56-25-15-11-16-26-56)46-69(52-71)87-54-88(78-32-22-21-31-77(78)87)81-74(58-33-35-68(85)36-34-58)48-63(57-27-17-12-18-28-57)49-75(81)64-44-66(83(4,5)6)50-67(45-64)84(7,8)9/h10-53H,54H2,1-9H3. The van der Waals surface area contributed by atoms with Crippen LogP contribution in [0.3, 0.4) is 0 Å². The largest absolute Gasteiger partial charge is 0.457 e. The van der Waals surface area contributed by atoms with E-state index < -0.39 is 0 Å². The molecule has 0 fully saturated rings. The molecule has 0 amide bonds. The lowest BCUT2D eigenvalue weighted by molar-refractivity contribution is 0.483. The van der Waals surface area contributed by atoms with Crippen molar-refractivity contribution in [1.29, 1.82) is 0 Å². The number of anilines is 4. The molecule has 0 bridgehead atoms. The second-order valence-electron chi connectivity index (χ2n) is 27.1. The third-order valence-corrected chi connectivity index (χ3v) is 17.8. The first kappa shape index (κ1) is 57.4. The number of rotatable bonds is 11. The molecule has 90 heavy (non-hydrogen) atoms. The molecule has 11 aromatic carbocycles. The van der Waals surface area contributed by atoms with Gasteiger partial charge in [0.2, 0.25) is 0 Å². The minimum absolute atomic E-state index is 0.0722. The fraction of sp³-hybridized carbons (Fsp3) is 0.155. The third-order valence-electron chi connectivity index (χ3n) is 17.8. The predicted molar refractivity (Wildman–Crippen MR) is 376 cm³/mol. The van der Waals surface area contributed by atoms with Gasteiger partial charge in [0.25, 0.3) is 0 Å². The molecule has 0 spiro atoms. The molecular weight excluding hydrogens is 1100 g/mol. The van der Waals surface area contributed by atoms with Crippen LogP contribution in [0.5, 0.6) is 11.5 Å². The summed E-state index contributed by atoms with van der Waals surface area (Å²) in [4.78, 5) is 9.91. The highest BCUT2D eigenvalue weighted by atomic mass is 19.1. The zero-order valence-corrected chi connectivity index (χ0v) is 52.7. The van der Waals surface area contributed by atoms with Crippen molar-refractivity contribution in [2.24, 2.45) is 0 Å². The quantitative estimate of drug-likeness (QED) is 0.129. The summed E-state index contributed by atoms with van der Waals surface area (Å²) in [6, 6.07) is 92.5. The van der Waals surface area contributed by atoms with Gasteiger partial charge in [0, 0.05) is 45.9 Å². The number of hydrogen-bond acceptors (Lipinski definition) is 4. The van der Waals surface area contributed by atoms with Gasteiger partial charge in [-0.3, -0.25) is 4.57 Å². The molecule has 0 saturated carbocycles. The van der Waals surface area contributed by atoms with Crippen molar-refractivity contribution in [1.82, 2.24) is 9.55 Å². The summed E-state index contributed by atoms with van der Waals surface area (Å²) in [5, 5.41) is 2.26. The van der Waals surface area contributed by atoms with Gasteiger partial charge >= 0.3 is 0 Å². The Morgan fingerprint density at radius 3 is 1.44 bits per heavy atom. The number of ether oxygens (including phenoxy) is 1. The summed E-state index contributed by atoms with van der Waals surface area (Å²) in [5.74, 6) is 1.97. The lowest BCUT2D eigenvalue weighted by Crippen LogP contribution is -2.25. The van der Waals surface area contributed by atoms with Crippen LogP contribution in [-0.2, 0) is 16.2 Å². The number of fused-ring (bicyclic) bond motifs is 4. The molecule has 13 aromatic rings. The lowest BCUT2D eigenvalue weighted by Gasteiger charge is -2.30. The molecule has 442 valence electrons. The zero-order chi connectivity index (χ0) is 62.1. The van der Waals surface area contributed by atoms with E-state index >= 15 is 4.39 Å². The van der Waals surface area contributed by atoms with E-state index in [1.807, 2.05) is 18.3 Å². The van der Waals surface area contributed by atoms with Gasteiger partial charge in [-0.25, -0.2) is 9.37 Å². The predicted octanol–water partition coefficient (Wildman–Crippen LogP) is 23.3. The Labute approximate surface area is 529 Å². The third kappa shape index (κ3) is 11.1. The van der Waals surface area contributed by atoms with E-state index in [9.17, 15) is 0 Å². The van der Waals surface area contributed by atoms with Gasteiger partial charge < -0.3 is 14.5 Å². The van der Waals surface area contributed by atoms with Crippen molar-refractivity contribution in [3.63, 3.8) is 0 Å². The average molecular weight is 1170 g/mol. The number of hydrogen-bond donors (Lipinski definition) is 0. The normalized spacial score (nSPS) is 12.7. The molecule has 0 atom stereocenters. The lowest BCUT2D eigenvalue weighted by atomic mass is 9.78. The highest BCUT2D eigenvalue weighted by Gasteiger charge is 2.34. The fourth-order valence-corrected chi connectivity index (χ4v) is 12.8. The summed E-state index contributed by atoms with van der Waals surface area (Å²) in [5.41, 5.74) is 22.4. The van der Waals surface area contributed by atoms with Crippen LogP contribution in [0, 0.1) is 5.82 Å². The first-order valence-corrected chi connectivity index (χ1v) is 31.3. The Hall–Kier alpha value is -10.3. The molecule has 0 N–H and O–H groups in total. The Bertz CT molecular complexity index is 4740. The van der Waals surface area contributed by atoms with Gasteiger partial charge in [0.05, 0.1) is 28.1 Å². The van der Waals surface area contributed by atoms with Gasteiger partial charge in [-0.2, -0.15) is 0 Å². The Morgan fingerprint density at radius 1 is 0.356 bits per heavy atom. The maximum absolute atomic E-state index is 15.2. The molecule has 1 aliphatic rings. The molecule has 2 aromatic heterocycles. The van der Waals surface area contributed by atoms with Crippen molar-refractivity contribution in [2.45, 2.75) is 78.6 Å². The monoisotopic (exact) mass is 1170 g/mol. The molecule has 14 rings (SSSR count). The topological polar surface area (TPSA) is 33.5 Å². The first-order valence-electron chi connectivity index (χ1n) is 31.3. The van der Waals surface area contributed by atoms with Crippen LogP contribution >= 0.6 is 0 Å². The summed E-state index contributed by atoms with van der Waals surface area (Å²) in [7, 11) is 0. The average Bonchev–Trinajstić information content (AvgIpc) is 1.52. The molecule has 0 saturated heterocycles. The van der Waals surface area contributed by atoms with Crippen LogP contribution in [-0.4, -0.2) is 16.2 Å². The number of halogens is 1. The fourth-order valence-electron chi connectivity index (χ4n) is 12.8. The smallest absolute Gasteiger partial charge is 0.137 e. The first-order chi connectivity index (χ1) is 43.4. The molecular formula is C84H73FN4O. The Balaban J connectivity index is 0.986. The van der Waals surface area contributed by atoms with Crippen molar-refractivity contribution < 1.29 is 9.13 Å². The van der Waals surface area contributed by atoms with Gasteiger partial charge in [-0.1, -0.05) is 214 Å². The molecule has 0 unspecified atom stereocenters. The molecule has 0 radical (unpaired) electrons. The van der Waals surface area contributed by atoms with Gasteiger partial charge in [0.15, 0.2) is 0 Å². The number of para-hydroxylation sites is 3. The summed E-state index contributed by atoms with van der Waals surface area (Å²) < 4.78 is 24.8. The minimum Gasteiger partial charge on any atom is -0.457 e. The SMILES string of the molecule is CC(C)(C)c1cc(-c2cc(-c3ccccc3)cc(-c3ccc(F)cc3)c2N2CN(c3cc(Oc4ccc5c6ccccc6n(-c6cc(C(C)(C)C)ccn6)c5c4)cc(-c4cc(-c5ccccc5)cc(-c5ccccc5)c4)c3)c3ccccc32)cc(C(C)(C)C)c1. The van der Waals surface area contributed by atoms with E-state index in [1.165, 1.54) is 16.7 Å². The van der Waals surface area contributed by atoms with Gasteiger partial charge in [-0.15, -0.1) is 0 Å². The molecule has 6 heteroatoms. The van der Waals surface area contributed by atoms with E-state index in [-0.39, 0.29) is 22.1 Å². The summed E-state index contributed by atoms with van der Waals surface area (Å²) in [6.07, 6.45) is 1.93. The van der Waals surface area contributed by atoms with Crippen LogP contribution in [0.15, 0.2) is 267 Å². The number of nitrogens with zero attached hydrogens (tertiary/aromatic N) is 4. The van der Waals surface area contributed by atoms with Crippen molar-refractivity contribution >= 4 is 44.6 Å². The van der Waals surface area contributed by atoms with E-state index in [0.29, 0.717) is 18.2 Å². The molecule has 0 aliphatic carbocycles. The van der Waals surface area contributed by atoms with Gasteiger partial charge in [0.1, 0.15) is 29.8 Å². The zero-order valence-electron chi connectivity index (χ0n) is 52.7. The van der Waals surface area contributed by atoms with Crippen LogP contribution in [0.2, 0.25) is 0 Å². The number of benzene rings is 11. The van der Waals surface area contributed by atoms with Crippen molar-refractivity contribution in [3.05, 3.63) is 290 Å². The molecule has 5 nitrogen and oxygen atoms in total. The second-order valence-corrected chi connectivity index (χ2v) is 27.1. The molecule has 1 aliphatic heterocycles. The summed E-state index contributed by atoms with van der Waals surface area (Å²) >= 11 is 0. The summed E-state index contributed by atoms with van der Waals surface area (Å²) in [6.45, 7) is 21.0. The van der Waals surface area contributed by atoms with Crippen molar-refractivity contribution in [2.75, 3.05) is 16.5 Å². The number of pyridine rings is 1. The van der Waals surface area contributed by atoms with Crippen LogP contribution < -0.4 is 14.5 Å². The number of aromatic nitrogens is 2. The van der Waals surface area contributed by atoms with E-state index in [4.69, 9.17) is 9.72 Å². The minimum atomic E-state index is -0.279. The van der Waals surface area contributed by atoms with Crippen molar-refractivity contribution in [3.8, 4) is 84.1 Å². The van der Waals surface area contributed by atoms with Crippen LogP contribution in [0.25, 0.3) is 94.4 Å². The van der Waals surface area contributed by atoms with E-state index in [0.717, 1.165) is 117 Å². The maximum atomic E-state index is 15.2. The molecule has 3 heterocycles. The highest BCUT2D eigenvalue weighted by molar-refractivity contribution is 6.09. The van der Waals surface area contributed by atoms with Gasteiger partial charge in [-0.05, 0) is 186 Å². The van der Waals surface area contributed by atoms with E-state index in [1.54, 1.807) is 12.1 Å². The van der Waals surface area contributed by atoms with E-state index in [2.05, 4.69) is 313 Å². The maximum Gasteiger partial charge on any atom is 0.137 e. The Kier molecular flexibility index (Phi) is 14.5. The second kappa shape index (κ2) is 22.7. The van der Waals surface area contributed by atoms with Crippen LogP contribution in [0.4, 0.5) is 27.1 Å².